The molecule has 32 heavy (non-hydrogen) atoms. The molecule has 176 valence electrons. The van der Waals surface area contributed by atoms with Gasteiger partial charge in [-0.2, -0.15) is 0 Å². The van der Waals surface area contributed by atoms with Gasteiger partial charge in [0.1, 0.15) is 10.6 Å². The fraction of sp³-hybridized carbons (Fsp3) is 0.435. The van der Waals surface area contributed by atoms with E-state index < -0.39 is 10.0 Å². The Labute approximate surface area is 197 Å². The Balaban J connectivity index is 0.00000363. The highest BCUT2D eigenvalue weighted by Gasteiger charge is 2.27. The summed E-state index contributed by atoms with van der Waals surface area (Å²) in [4.78, 5) is 17.5. The maximum absolute atomic E-state index is 13.3. The summed E-state index contributed by atoms with van der Waals surface area (Å²) >= 11 is 0. The lowest BCUT2D eigenvalue weighted by molar-refractivity contribution is -0.131. The van der Waals surface area contributed by atoms with Gasteiger partial charge in [0.05, 0.1) is 19.6 Å². The number of likely N-dealkylation sites (N-methyl/N-ethyl adjacent to an activating group) is 1. The molecular formula is C23H32ClN3O4S. The summed E-state index contributed by atoms with van der Waals surface area (Å²) in [6.45, 7) is 2.86. The summed E-state index contributed by atoms with van der Waals surface area (Å²) in [5, 5.41) is 0. The molecule has 9 heteroatoms. The molecule has 3 rings (SSSR count). The Hall–Kier alpha value is -2.13. The Morgan fingerprint density at radius 2 is 1.78 bits per heavy atom. The molecule has 1 aliphatic rings. The molecule has 0 radical (unpaired) electrons. The van der Waals surface area contributed by atoms with Crippen molar-refractivity contribution < 1.29 is 17.9 Å². The zero-order chi connectivity index (χ0) is 22.4. The van der Waals surface area contributed by atoms with Crippen molar-refractivity contribution in [3.8, 4) is 5.75 Å². The third kappa shape index (κ3) is 6.01. The van der Waals surface area contributed by atoms with E-state index in [1.54, 1.807) is 17.0 Å². The standard InChI is InChI=1S/C23H31N3O4S.ClH/c1-24-31(28,29)21-13-9-12-19(23(21)30-3)16-22(27)25(2)20(17-26-14-7-8-15-26)18-10-5-4-6-11-18;/h4-6,9-13,20,24H,7-8,14-17H2,1-3H3;1H/t20-;/m1./s1. The number of benzene rings is 2. The molecule has 0 aromatic heterocycles. The SMILES string of the molecule is CNS(=O)(=O)c1cccc(CC(=O)N(C)[C@H](CN2CCCC2)c2ccccc2)c1OC.Cl. The normalized spacial score (nSPS) is 15.1. The molecule has 1 amide bonds. The molecule has 1 atom stereocenters. The second-order valence-corrected chi connectivity index (χ2v) is 9.63. The van der Waals surface area contributed by atoms with Crippen LogP contribution in [0.1, 0.15) is 30.0 Å². The van der Waals surface area contributed by atoms with Gasteiger partial charge >= 0.3 is 0 Å². The van der Waals surface area contributed by atoms with Crippen LogP contribution in [0.5, 0.6) is 5.75 Å². The van der Waals surface area contributed by atoms with Crippen molar-refractivity contribution in [3.63, 3.8) is 0 Å². The number of sulfonamides is 1. The average Bonchev–Trinajstić information content (AvgIpc) is 3.30. The van der Waals surface area contributed by atoms with E-state index in [4.69, 9.17) is 4.74 Å². The molecule has 0 saturated carbocycles. The van der Waals surface area contributed by atoms with Crippen molar-refractivity contribution in [3.05, 3.63) is 59.7 Å². The minimum absolute atomic E-state index is 0. The molecule has 1 heterocycles. The zero-order valence-corrected chi connectivity index (χ0v) is 20.4. The van der Waals surface area contributed by atoms with E-state index >= 15 is 0 Å². The summed E-state index contributed by atoms with van der Waals surface area (Å²) in [6, 6.07) is 14.8. The smallest absolute Gasteiger partial charge is 0.244 e. The predicted molar refractivity (Wildman–Crippen MR) is 128 cm³/mol. The second kappa shape index (κ2) is 11.7. The van der Waals surface area contributed by atoms with Crippen LogP contribution in [-0.4, -0.2) is 65.0 Å². The van der Waals surface area contributed by atoms with Gasteiger partial charge in [-0.25, -0.2) is 13.1 Å². The van der Waals surface area contributed by atoms with Crippen LogP contribution in [0.25, 0.3) is 0 Å². The van der Waals surface area contributed by atoms with Crippen molar-refractivity contribution in [1.82, 2.24) is 14.5 Å². The van der Waals surface area contributed by atoms with Crippen molar-refractivity contribution in [2.45, 2.75) is 30.2 Å². The molecule has 1 saturated heterocycles. The number of para-hydroxylation sites is 1. The average molecular weight is 482 g/mol. The number of halogens is 1. The highest BCUT2D eigenvalue weighted by molar-refractivity contribution is 7.89. The molecule has 2 aromatic rings. The van der Waals surface area contributed by atoms with E-state index in [9.17, 15) is 13.2 Å². The van der Waals surface area contributed by atoms with Gasteiger partial charge in [-0.15, -0.1) is 12.4 Å². The monoisotopic (exact) mass is 481 g/mol. The third-order valence-electron chi connectivity index (χ3n) is 5.84. The Bertz CT molecular complexity index is 996. The van der Waals surface area contributed by atoms with E-state index in [1.807, 2.05) is 37.4 Å². The number of nitrogens with one attached hydrogen (secondary N) is 1. The Morgan fingerprint density at radius 1 is 1.12 bits per heavy atom. The number of ether oxygens (including phenoxy) is 1. The lowest BCUT2D eigenvalue weighted by Gasteiger charge is -2.32. The first-order valence-electron chi connectivity index (χ1n) is 10.5. The van der Waals surface area contributed by atoms with Crippen LogP contribution in [-0.2, 0) is 21.2 Å². The topological polar surface area (TPSA) is 79.0 Å². The van der Waals surface area contributed by atoms with Crippen LogP contribution in [0.15, 0.2) is 53.4 Å². The van der Waals surface area contributed by atoms with Crippen LogP contribution in [0.4, 0.5) is 0 Å². The number of methoxy groups -OCH3 is 1. The van der Waals surface area contributed by atoms with Gasteiger partial charge in [-0.3, -0.25) is 4.79 Å². The second-order valence-electron chi connectivity index (χ2n) is 7.77. The fourth-order valence-electron chi connectivity index (χ4n) is 4.05. The quantitative estimate of drug-likeness (QED) is 0.595. The summed E-state index contributed by atoms with van der Waals surface area (Å²) in [7, 11) is 0.884. The third-order valence-corrected chi connectivity index (χ3v) is 7.28. The van der Waals surface area contributed by atoms with Gasteiger partial charge in [0.2, 0.25) is 15.9 Å². The number of rotatable bonds is 9. The Kier molecular flexibility index (Phi) is 9.51. The molecular weight excluding hydrogens is 450 g/mol. The van der Waals surface area contributed by atoms with Gasteiger partial charge < -0.3 is 14.5 Å². The van der Waals surface area contributed by atoms with E-state index in [1.165, 1.54) is 33.1 Å². The van der Waals surface area contributed by atoms with Gasteiger partial charge in [0.15, 0.2) is 0 Å². The van der Waals surface area contributed by atoms with Gasteiger partial charge in [0.25, 0.3) is 0 Å². The number of carbonyl (C=O) groups excluding carboxylic acids is 1. The van der Waals surface area contributed by atoms with Crippen molar-refractivity contribution >= 4 is 28.3 Å². The predicted octanol–water partition coefficient (Wildman–Crippen LogP) is 2.86. The minimum atomic E-state index is -3.70. The molecule has 0 spiro atoms. The van der Waals surface area contributed by atoms with E-state index in [-0.39, 0.29) is 41.4 Å². The van der Waals surface area contributed by atoms with Gasteiger partial charge in [-0.05, 0) is 44.6 Å². The highest BCUT2D eigenvalue weighted by atomic mass is 35.5. The molecule has 1 fully saturated rings. The summed E-state index contributed by atoms with van der Waals surface area (Å²) in [5.74, 6) is 0.111. The largest absolute Gasteiger partial charge is 0.495 e. The van der Waals surface area contributed by atoms with E-state index in [2.05, 4.69) is 9.62 Å². The van der Waals surface area contributed by atoms with Crippen LogP contribution in [0.2, 0.25) is 0 Å². The number of likely N-dealkylation sites (tertiary alicyclic amines) is 1. The van der Waals surface area contributed by atoms with Crippen molar-refractivity contribution in [1.29, 1.82) is 0 Å². The number of hydrogen-bond acceptors (Lipinski definition) is 5. The minimum Gasteiger partial charge on any atom is -0.495 e. The summed E-state index contributed by atoms with van der Waals surface area (Å²) in [5.41, 5.74) is 1.63. The lowest BCUT2D eigenvalue weighted by Crippen LogP contribution is -2.39. The van der Waals surface area contributed by atoms with E-state index in [0.717, 1.165) is 25.2 Å². The number of nitrogens with zero attached hydrogens (tertiary/aromatic N) is 2. The van der Waals surface area contributed by atoms with Crippen LogP contribution < -0.4 is 9.46 Å². The first-order valence-corrected chi connectivity index (χ1v) is 12.0. The summed E-state index contributed by atoms with van der Waals surface area (Å²) < 4.78 is 32.4. The summed E-state index contributed by atoms with van der Waals surface area (Å²) in [6.07, 6.45) is 2.42. The highest BCUT2D eigenvalue weighted by Crippen LogP contribution is 2.30. The molecule has 0 bridgehead atoms. The number of carbonyl (C=O) groups is 1. The molecule has 1 aliphatic heterocycles. The molecule has 2 aromatic carbocycles. The first kappa shape index (κ1) is 26.1. The molecule has 1 N–H and O–H groups in total. The van der Waals surface area contributed by atoms with Gasteiger partial charge in [0, 0.05) is 19.2 Å². The molecule has 7 nitrogen and oxygen atoms in total. The number of hydrogen-bond donors (Lipinski definition) is 1. The van der Waals surface area contributed by atoms with Crippen molar-refractivity contribution in [2.75, 3.05) is 40.8 Å². The maximum Gasteiger partial charge on any atom is 0.244 e. The van der Waals surface area contributed by atoms with E-state index in [0.29, 0.717) is 5.56 Å². The van der Waals surface area contributed by atoms with Gasteiger partial charge in [-0.1, -0.05) is 42.5 Å². The first-order chi connectivity index (χ1) is 14.9. The molecule has 0 unspecified atom stereocenters. The van der Waals surface area contributed by atoms with Crippen LogP contribution in [0, 0.1) is 0 Å². The van der Waals surface area contributed by atoms with Crippen LogP contribution in [0.3, 0.4) is 0 Å². The zero-order valence-electron chi connectivity index (χ0n) is 18.8. The van der Waals surface area contributed by atoms with Crippen LogP contribution >= 0.6 is 12.4 Å². The fourth-order valence-corrected chi connectivity index (χ4v) is 4.99. The van der Waals surface area contributed by atoms with Crippen molar-refractivity contribution in [2.24, 2.45) is 0 Å². The maximum atomic E-state index is 13.3. The Morgan fingerprint density at radius 3 is 2.38 bits per heavy atom. The number of amides is 1. The lowest BCUT2D eigenvalue weighted by atomic mass is 10.0. The molecule has 0 aliphatic carbocycles.